The number of benzene rings is 4. The van der Waals surface area contributed by atoms with E-state index in [0.29, 0.717) is 24.3 Å². The fraction of sp³-hybridized carbons (Fsp3) is 0.273. The molecule has 0 amide bonds. The van der Waals surface area contributed by atoms with Gasteiger partial charge in [0.05, 0.1) is 21.4 Å². The average Bonchev–Trinajstić information content (AvgIpc) is 2.87. The second kappa shape index (κ2) is 13.4. The Kier molecular flexibility index (Phi) is 10.6. The highest BCUT2D eigenvalue weighted by Gasteiger charge is 2.31. The van der Waals surface area contributed by atoms with Crippen LogP contribution in [0.25, 0.3) is 0 Å². The summed E-state index contributed by atoms with van der Waals surface area (Å²) in [6.07, 6.45) is -4.54. The monoisotopic (exact) mass is 632 g/mol. The summed E-state index contributed by atoms with van der Waals surface area (Å²) in [4.78, 5) is 3.05. The molecule has 0 aromatic heterocycles. The van der Waals surface area contributed by atoms with E-state index >= 15 is 0 Å². The second-order valence-corrected chi connectivity index (χ2v) is 14.9. The van der Waals surface area contributed by atoms with Gasteiger partial charge in [-0.25, -0.2) is 8.42 Å². The molecular weight excluding hydrogens is 597 g/mol. The Hall–Kier alpha value is -3.47. The number of ether oxygens (including phenoxy) is 2. The fourth-order valence-corrected chi connectivity index (χ4v) is 6.43. The molecule has 0 N–H and O–H groups in total. The van der Waals surface area contributed by atoms with Crippen LogP contribution in [0.4, 0.5) is 13.2 Å². The molecule has 0 heterocycles. The van der Waals surface area contributed by atoms with Gasteiger partial charge in [0.2, 0.25) is 0 Å². The first-order chi connectivity index (χ1) is 19.8. The largest absolute Gasteiger partial charge is 0.744 e. The third-order valence-corrected chi connectivity index (χ3v) is 8.41. The minimum Gasteiger partial charge on any atom is -0.744 e. The van der Waals surface area contributed by atoms with E-state index in [9.17, 15) is 26.1 Å². The molecule has 4 aromatic carbocycles. The van der Waals surface area contributed by atoms with Gasteiger partial charge in [-0.3, -0.25) is 0 Å². The van der Waals surface area contributed by atoms with Crippen molar-refractivity contribution >= 4 is 21.0 Å². The van der Waals surface area contributed by atoms with Crippen molar-refractivity contribution in [1.82, 2.24) is 0 Å². The fourth-order valence-electron chi connectivity index (χ4n) is 3.82. The van der Waals surface area contributed by atoms with Crippen LogP contribution in [0.5, 0.6) is 11.5 Å². The molecule has 4 aromatic rings. The van der Waals surface area contributed by atoms with Crippen LogP contribution in [0, 0.1) is 0 Å². The Labute approximate surface area is 254 Å². The van der Waals surface area contributed by atoms with E-state index in [4.69, 9.17) is 9.47 Å². The molecule has 0 saturated carbocycles. The molecule has 0 aliphatic rings. The summed E-state index contributed by atoms with van der Waals surface area (Å²) >= 11 is 0. The van der Waals surface area contributed by atoms with Crippen LogP contribution in [-0.4, -0.2) is 24.2 Å². The zero-order valence-corrected chi connectivity index (χ0v) is 26.4. The molecule has 0 aliphatic heterocycles. The number of alkyl halides is 3. The van der Waals surface area contributed by atoms with Gasteiger partial charge in [-0.1, -0.05) is 36.4 Å². The van der Waals surface area contributed by atoms with E-state index in [-0.39, 0.29) is 22.1 Å². The molecule has 43 heavy (non-hydrogen) atoms. The minimum atomic E-state index is -4.68. The number of hydrogen-bond acceptors (Lipinski definition) is 5. The molecule has 5 nitrogen and oxygen atoms in total. The number of hydrogen-bond donors (Lipinski definition) is 0. The number of rotatable bonds is 6. The zero-order chi connectivity index (χ0) is 32.1. The molecule has 4 rings (SSSR count). The molecule has 0 fully saturated rings. The van der Waals surface area contributed by atoms with Crippen molar-refractivity contribution in [3.63, 3.8) is 0 Å². The molecule has 0 spiro atoms. The van der Waals surface area contributed by atoms with Gasteiger partial charge in [-0.15, -0.1) is 0 Å². The first kappa shape index (κ1) is 34.0. The summed E-state index contributed by atoms with van der Waals surface area (Å²) in [7, 11) is -4.93. The zero-order valence-electron chi connectivity index (χ0n) is 24.8. The standard InChI is InChI=1S/C26H31O2S.C7H5F3O3S/c1-25(2,3)27-20-17-21(28-26(4,5)6)19-24(18-20)29(22-13-9-7-10-14-22)23-15-11-8-12-16-23;8-7(9,10)5-1-3-6(4-2-5)14(11,12)13/h7-19H,1-6H3;1-4H,(H,11,12,13)/q+1;/p-1. The smallest absolute Gasteiger partial charge is 0.416 e. The summed E-state index contributed by atoms with van der Waals surface area (Å²) in [5.74, 6) is 1.66. The van der Waals surface area contributed by atoms with Gasteiger partial charge in [0, 0.05) is 18.2 Å². The predicted octanol–water partition coefficient (Wildman–Crippen LogP) is 8.75. The van der Waals surface area contributed by atoms with Crippen LogP contribution in [0.2, 0.25) is 0 Å². The SMILES string of the molecule is CC(C)(C)Oc1cc(OC(C)(C)C)cc([S+](c2ccccc2)c2ccccc2)c1.O=S(=O)([O-])c1ccc(C(F)(F)F)cc1. The first-order valence-corrected chi connectivity index (χ1v) is 16.0. The van der Waals surface area contributed by atoms with Gasteiger partial charge in [0.25, 0.3) is 0 Å². The van der Waals surface area contributed by atoms with Gasteiger partial charge in [-0.2, -0.15) is 13.2 Å². The van der Waals surface area contributed by atoms with Crippen LogP contribution in [-0.2, 0) is 27.2 Å². The third-order valence-electron chi connectivity index (χ3n) is 5.37. The maximum absolute atomic E-state index is 12.0. The highest BCUT2D eigenvalue weighted by molar-refractivity contribution is 7.97. The lowest BCUT2D eigenvalue weighted by Gasteiger charge is -2.25. The third kappa shape index (κ3) is 10.9. The van der Waals surface area contributed by atoms with Crippen molar-refractivity contribution in [2.45, 2.75) is 78.5 Å². The lowest BCUT2D eigenvalue weighted by molar-refractivity contribution is -0.137. The predicted molar refractivity (Wildman–Crippen MR) is 162 cm³/mol. The molecule has 0 radical (unpaired) electrons. The Morgan fingerprint density at radius 3 is 1.33 bits per heavy atom. The normalized spacial score (nSPS) is 12.3. The van der Waals surface area contributed by atoms with Crippen molar-refractivity contribution in [3.8, 4) is 11.5 Å². The van der Waals surface area contributed by atoms with Crippen LogP contribution in [0.3, 0.4) is 0 Å². The average molecular weight is 633 g/mol. The quantitative estimate of drug-likeness (QED) is 0.157. The van der Waals surface area contributed by atoms with E-state index in [1.807, 2.05) is 6.07 Å². The highest BCUT2D eigenvalue weighted by atomic mass is 32.2. The molecule has 230 valence electrons. The van der Waals surface area contributed by atoms with E-state index in [1.54, 1.807) is 0 Å². The molecule has 0 aliphatic carbocycles. The second-order valence-electron chi connectivity index (χ2n) is 11.5. The molecular formula is C33H35F3O5S2. The van der Waals surface area contributed by atoms with Crippen LogP contribution < -0.4 is 9.47 Å². The van der Waals surface area contributed by atoms with Crippen LogP contribution in [0.1, 0.15) is 47.1 Å². The molecule has 0 unspecified atom stereocenters. The summed E-state index contributed by atoms with van der Waals surface area (Å²) in [5, 5.41) is 0. The summed E-state index contributed by atoms with van der Waals surface area (Å²) in [5.41, 5.74) is -1.56. The topological polar surface area (TPSA) is 75.7 Å². The molecule has 0 atom stereocenters. The molecule has 0 saturated heterocycles. The summed E-state index contributed by atoms with van der Waals surface area (Å²) in [6.45, 7) is 12.4. The van der Waals surface area contributed by atoms with E-state index in [0.717, 1.165) is 11.5 Å². The lowest BCUT2D eigenvalue weighted by atomic mass is 10.2. The van der Waals surface area contributed by atoms with Gasteiger partial charge >= 0.3 is 6.18 Å². The summed E-state index contributed by atoms with van der Waals surface area (Å²) < 4.78 is 79.5. The maximum Gasteiger partial charge on any atom is 0.416 e. The van der Waals surface area contributed by atoms with Crippen LogP contribution >= 0.6 is 0 Å². The lowest BCUT2D eigenvalue weighted by Crippen LogP contribution is -2.24. The van der Waals surface area contributed by atoms with E-state index < -0.39 is 26.8 Å². The Balaban J connectivity index is 0.000000303. The van der Waals surface area contributed by atoms with Gasteiger partial charge in [0.15, 0.2) is 14.7 Å². The highest BCUT2D eigenvalue weighted by Crippen LogP contribution is 2.37. The van der Waals surface area contributed by atoms with Gasteiger partial charge < -0.3 is 14.0 Å². The maximum atomic E-state index is 12.0. The van der Waals surface area contributed by atoms with Crippen molar-refractivity contribution < 1.29 is 35.6 Å². The summed E-state index contributed by atoms with van der Waals surface area (Å²) in [6, 6.07) is 29.9. The minimum absolute atomic E-state index is 0.252. The Bertz CT molecular complexity index is 1500. The van der Waals surface area contributed by atoms with Crippen molar-refractivity contribution in [1.29, 1.82) is 0 Å². The van der Waals surface area contributed by atoms with Gasteiger partial charge in [0.1, 0.15) is 32.8 Å². The van der Waals surface area contributed by atoms with Crippen molar-refractivity contribution in [2.75, 3.05) is 0 Å². The number of halogens is 3. The Morgan fingerprint density at radius 2 is 1.00 bits per heavy atom. The van der Waals surface area contributed by atoms with E-state index in [2.05, 4.69) is 114 Å². The molecule has 0 bridgehead atoms. The van der Waals surface area contributed by atoms with Crippen molar-refractivity contribution in [2.24, 2.45) is 0 Å². The van der Waals surface area contributed by atoms with E-state index in [1.165, 1.54) is 14.7 Å². The van der Waals surface area contributed by atoms with Crippen molar-refractivity contribution in [3.05, 3.63) is 109 Å². The first-order valence-electron chi connectivity index (χ1n) is 13.3. The molecule has 10 heteroatoms. The van der Waals surface area contributed by atoms with Crippen LogP contribution in [0.15, 0.2) is 123 Å². The Morgan fingerprint density at radius 1 is 0.605 bits per heavy atom. The van der Waals surface area contributed by atoms with Gasteiger partial charge in [-0.05, 0) is 90.1 Å².